The molecule has 0 unspecified atom stereocenters. The molecule has 0 aromatic heterocycles. The second-order valence-corrected chi connectivity index (χ2v) is 6.26. The Hall–Kier alpha value is -2.49. The van der Waals surface area contributed by atoms with E-state index in [9.17, 15) is 4.79 Å². The summed E-state index contributed by atoms with van der Waals surface area (Å²) in [5, 5.41) is 3.05. The third-order valence-corrected chi connectivity index (χ3v) is 4.39. The topological polar surface area (TPSA) is 47.6 Å². The van der Waals surface area contributed by atoms with Crippen LogP contribution in [-0.4, -0.2) is 19.1 Å². The van der Waals surface area contributed by atoms with E-state index < -0.39 is 6.10 Å². The SMILES string of the molecule is CC[C@@H](Oc1ccc(OC)cc1)C(=O)N[C@@H](C)c1ccc(C)c(C)c1. The minimum absolute atomic E-state index is 0.0692. The van der Waals surface area contributed by atoms with Crippen molar-refractivity contribution in [1.29, 1.82) is 0 Å². The minimum atomic E-state index is -0.526. The van der Waals surface area contributed by atoms with Gasteiger partial charge in [0.2, 0.25) is 0 Å². The number of methoxy groups -OCH3 is 1. The Morgan fingerprint density at radius 3 is 2.24 bits per heavy atom. The standard InChI is InChI=1S/C21H27NO3/c1-6-20(25-19-11-9-18(24-5)10-12-19)21(23)22-16(4)17-8-7-14(2)15(3)13-17/h7-13,16,20H,6H2,1-5H3,(H,22,23)/t16-,20+/m0/s1. The van der Waals surface area contributed by atoms with Crippen LogP contribution in [0.3, 0.4) is 0 Å². The van der Waals surface area contributed by atoms with Crippen molar-refractivity contribution in [3.05, 3.63) is 59.2 Å². The molecule has 0 aliphatic carbocycles. The Morgan fingerprint density at radius 1 is 1.04 bits per heavy atom. The normalized spacial score (nSPS) is 13.0. The van der Waals surface area contributed by atoms with Crippen molar-refractivity contribution >= 4 is 5.91 Å². The number of amides is 1. The predicted octanol–water partition coefficient (Wildman–Crippen LogP) is 4.35. The van der Waals surface area contributed by atoms with Gasteiger partial charge in [0.1, 0.15) is 11.5 Å². The van der Waals surface area contributed by atoms with E-state index in [0.29, 0.717) is 12.2 Å². The first-order valence-corrected chi connectivity index (χ1v) is 8.62. The molecule has 1 N–H and O–H groups in total. The van der Waals surface area contributed by atoms with Crippen molar-refractivity contribution in [2.75, 3.05) is 7.11 Å². The third kappa shape index (κ3) is 4.99. The molecule has 134 valence electrons. The number of nitrogens with one attached hydrogen (secondary N) is 1. The van der Waals surface area contributed by atoms with Gasteiger partial charge in [0, 0.05) is 0 Å². The molecule has 0 bridgehead atoms. The van der Waals surface area contributed by atoms with E-state index in [1.54, 1.807) is 7.11 Å². The number of hydrogen-bond acceptors (Lipinski definition) is 3. The van der Waals surface area contributed by atoms with Crippen LogP contribution in [0.4, 0.5) is 0 Å². The van der Waals surface area contributed by atoms with Crippen LogP contribution in [0.5, 0.6) is 11.5 Å². The number of ether oxygens (including phenoxy) is 2. The maximum absolute atomic E-state index is 12.6. The average Bonchev–Trinajstić information content (AvgIpc) is 2.62. The van der Waals surface area contributed by atoms with Crippen LogP contribution < -0.4 is 14.8 Å². The molecular formula is C21H27NO3. The lowest BCUT2D eigenvalue weighted by atomic mass is 10.0. The molecule has 2 aromatic carbocycles. The largest absolute Gasteiger partial charge is 0.497 e. The van der Waals surface area contributed by atoms with Crippen LogP contribution in [0.2, 0.25) is 0 Å². The Labute approximate surface area is 150 Å². The van der Waals surface area contributed by atoms with Crippen molar-refractivity contribution < 1.29 is 14.3 Å². The van der Waals surface area contributed by atoms with E-state index in [1.165, 1.54) is 11.1 Å². The molecule has 0 aliphatic rings. The second-order valence-electron chi connectivity index (χ2n) is 6.26. The van der Waals surface area contributed by atoms with Crippen molar-refractivity contribution in [2.45, 2.75) is 46.3 Å². The summed E-state index contributed by atoms with van der Waals surface area (Å²) in [6.45, 7) is 8.09. The fourth-order valence-corrected chi connectivity index (χ4v) is 2.56. The molecule has 0 fully saturated rings. The Bertz CT molecular complexity index is 710. The zero-order chi connectivity index (χ0) is 18.4. The molecule has 4 heteroatoms. The summed E-state index contributed by atoms with van der Waals surface area (Å²) in [7, 11) is 1.62. The molecule has 2 rings (SSSR count). The van der Waals surface area contributed by atoms with Crippen LogP contribution >= 0.6 is 0 Å². The molecule has 2 atom stereocenters. The molecule has 0 saturated heterocycles. The van der Waals surface area contributed by atoms with E-state index in [-0.39, 0.29) is 11.9 Å². The fourth-order valence-electron chi connectivity index (χ4n) is 2.56. The molecule has 0 saturated carbocycles. The molecule has 2 aromatic rings. The van der Waals surface area contributed by atoms with E-state index in [0.717, 1.165) is 11.3 Å². The lowest BCUT2D eigenvalue weighted by Gasteiger charge is -2.21. The minimum Gasteiger partial charge on any atom is -0.497 e. The summed E-state index contributed by atoms with van der Waals surface area (Å²) in [6.07, 6.45) is 0.0692. The van der Waals surface area contributed by atoms with Gasteiger partial charge in [0.15, 0.2) is 6.10 Å². The van der Waals surface area contributed by atoms with Crippen LogP contribution in [0, 0.1) is 13.8 Å². The highest BCUT2D eigenvalue weighted by Crippen LogP contribution is 2.20. The average molecular weight is 341 g/mol. The Morgan fingerprint density at radius 2 is 1.68 bits per heavy atom. The van der Waals surface area contributed by atoms with Crippen LogP contribution in [0.1, 0.15) is 43.0 Å². The molecule has 0 aliphatic heterocycles. The van der Waals surface area contributed by atoms with Gasteiger partial charge in [-0.3, -0.25) is 4.79 Å². The molecule has 4 nitrogen and oxygen atoms in total. The number of benzene rings is 2. The first-order chi connectivity index (χ1) is 11.9. The number of carbonyl (C=O) groups is 1. The van der Waals surface area contributed by atoms with Crippen molar-refractivity contribution in [3.8, 4) is 11.5 Å². The van der Waals surface area contributed by atoms with Gasteiger partial charge in [-0.1, -0.05) is 25.1 Å². The van der Waals surface area contributed by atoms with E-state index >= 15 is 0 Å². The summed E-state index contributed by atoms with van der Waals surface area (Å²) < 4.78 is 11.0. The Kier molecular flexibility index (Phi) is 6.45. The van der Waals surface area contributed by atoms with Gasteiger partial charge in [-0.15, -0.1) is 0 Å². The van der Waals surface area contributed by atoms with Crippen molar-refractivity contribution in [3.63, 3.8) is 0 Å². The molecule has 0 heterocycles. The zero-order valence-corrected chi connectivity index (χ0v) is 15.6. The Balaban J connectivity index is 2.01. The second kappa shape index (κ2) is 8.56. The van der Waals surface area contributed by atoms with Crippen LogP contribution in [0.25, 0.3) is 0 Å². The zero-order valence-electron chi connectivity index (χ0n) is 15.6. The summed E-state index contributed by atoms with van der Waals surface area (Å²) >= 11 is 0. The van der Waals surface area contributed by atoms with Crippen molar-refractivity contribution in [2.24, 2.45) is 0 Å². The molecule has 1 amide bonds. The third-order valence-electron chi connectivity index (χ3n) is 4.39. The number of carbonyl (C=O) groups excluding carboxylic acids is 1. The summed E-state index contributed by atoms with van der Waals surface area (Å²) in [5.74, 6) is 1.30. The van der Waals surface area contributed by atoms with Gasteiger partial charge >= 0.3 is 0 Å². The first-order valence-electron chi connectivity index (χ1n) is 8.62. The monoisotopic (exact) mass is 341 g/mol. The summed E-state index contributed by atoms with van der Waals surface area (Å²) in [4.78, 5) is 12.6. The van der Waals surface area contributed by atoms with Gasteiger partial charge in [0.25, 0.3) is 5.91 Å². The van der Waals surface area contributed by atoms with E-state index in [2.05, 4.69) is 37.4 Å². The van der Waals surface area contributed by atoms with Gasteiger partial charge in [-0.25, -0.2) is 0 Å². The van der Waals surface area contributed by atoms with Gasteiger partial charge in [-0.2, -0.15) is 0 Å². The molecular weight excluding hydrogens is 314 g/mol. The molecule has 25 heavy (non-hydrogen) atoms. The number of hydrogen-bond donors (Lipinski definition) is 1. The highest BCUT2D eigenvalue weighted by Gasteiger charge is 2.21. The van der Waals surface area contributed by atoms with E-state index in [1.807, 2.05) is 38.1 Å². The molecule has 0 radical (unpaired) electrons. The lowest BCUT2D eigenvalue weighted by Crippen LogP contribution is -2.39. The van der Waals surface area contributed by atoms with Gasteiger partial charge in [-0.05, 0) is 68.1 Å². The molecule has 0 spiro atoms. The summed E-state index contributed by atoms with van der Waals surface area (Å²) in [6, 6.07) is 13.4. The predicted molar refractivity (Wildman–Crippen MR) is 100 cm³/mol. The maximum Gasteiger partial charge on any atom is 0.261 e. The van der Waals surface area contributed by atoms with Gasteiger partial charge < -0.3 is 14.8 Å². The smallest absolute Gasteiger partial charge is 0.261 e. The highest BCUT2D eigenvalue weighted by atomic mass is 16.5. The van der Waals surface area contributed by atoms with E-state index in [4.69, 9.17) is 9.47 Å². The van der Waals surface area contributed by atoms with Gasteiger partial charge in [0.05, 0.1) is 13.2 Å². The maximum atomic E-state index is 12.6. The number of aryl methyl sites for hydroxylation is 2. The number of rotatable bonds is 7. The summed E-state index contributed by atoms with van der Waals surface area (Å²) in [5.41, 5.74) is 3.56. The lowest BCUT2D eigenvalue weighted by molar-refractivity contribution is -0.128. The fraction of sp³-hybridized carbons (Fsp3) is 0.381. The van der Waals surface area contributed by atoms with Crippen molar-refractivity contribution in [1.82, 2.24) is 5.32 Å². The van der Waals surface area contributed by atoms with Crippen LogP contribution in [0.15, 0.2) is 42.5 Å². The quantitative estimate of drug-likeness (QED) is 0.814. The van der Waals surface area contributed by atoms with Crippen LogP contribution in [-0.2, 0) is 4.79 Å². The highest BCUT2D eigenvalue weighted by molar-refractivity contribution is 5.81. The first kappa shape index (κ1) is 18.8.